The van der Waals surface area contributed by atoms with Gasteiger partial charge in [0.15, 0.2) is 0 Å². The molecule has 0 heterocycles. The third-order valence-electron chi connectivity index (χ3n) is 1.18. The molecule has 1 aliphatic carbocycles. The van der Waals surface area contributed by atoms with Crippen LogP contribution in [0.15, 0.2) is 36.5 Å². The van der Waals surface area contributed by atoms with Crippen molar-refractivity contribution in [3.05, 3.63) is 36.5 Å². The summed E-state index contributed by atoms with van der Waals surface area (Å²) in [5, 5.41) is 0. The van der Waals surface area contributed by atoms with E-state index in [4.69, 9.17) is 11.6 Å². The van der Waals surface area contributed by atoms with E-state index in [1.807, 2.05) is 43.4 Å². The number of allylic oxidation sites excluding steroid dienone is 6. The first-order valence-corrected chi connectivity index (χ1v) is 3.31. The summed E-state index contributed by atoms with van der Waals surface area (Å²) >= 11 is 5.96. The van der Waals surface area contributed by atoms with Crippen LogP contribution in [0.4, 0.5) is 0 Å². The highest BCUT2D eigenvalue weighted by Crippen LogP contribution is 2.19. The Bertz CT molecular complexity index is 155. The fourth-order valence-corrected chi connectivity index (χ4v) is 0.817. The minimum absolute atomic E-state index is 0.288. The zero-order chi connectivity index (χ0) is 6.74. The summed E-state index contributed by atoms with van der Waals surface area (Å²) in [6, 6.07) is 0. The van der Waals surface area contributed by atoms with Gasteiger partial charge in [0, 0.05) is 0 Å². The highest BCUT2D eigenvalue weighted by atomic mass is 35.5. The van der Waals surface area contributed by atoms with E-state index in [-0.39, 0.29) is 4.87 Å². The molecule has 0 spiro atoms. The molecule has 0 aliphatic heterocycles. The van der Waals surface area contributed by atoms with Crippen LogP contribution in [0, 0.1) is 0 Å². The maximum Gasteiger partial charge on any atom is 0.0784 e. The molecule has 0 amide bonds. The predicted octanol–water partition coefficient (Wildman–Crippen LogP) is 2.67. The Hall–Kier alpha value is -0.490. The highest BCUT2D eigenvalue weighted by molar-refractivity contribution is 6.26. The Kier molecular flexibility index (Phi) is 1.77. The highest BCUT2D eigenvalue weighted by Gasteiger charge is 2.10. The molecule has 0 fully saturated rings. The lowest BCUT2D eigenvalue weighted by Gasteiger charge is -2.08. The van der Waals surface area contributed by atoms with Gasteiger partial charge < -0.3 is 0 Å². The van der Waals surface area contributed by atoms with E-state index in [9.17, 15) is 0 Å². The van der Waals surface area contributed by atoms with E-state index in [0.29, 0.717) is 0 Å². The number of rotatable bonds is 0. The molecule has 0 aromatic rings. The quantitative estimate of drug-likeness (QED) is 0.454. The third-order valence-corrected chi connectivity index (χ3v) is 1.43. The lowest BCUT2D eigenvalue weighted by Crippen LogP contribution is -2.05. The van der Waals surface area contributed by atoms with Crippen molar-refractivity contribution < 1.29 is 0 Å². The van der Waals surface area contributed by atoms with Gasteiger partial charge in [-0.2, -0.15) is 0 Å². The molecule has 0 aromatic carbocycles. The Labute approximate surface area is 60.5 Å². The van der Waals surface area contributed by atoms with Gasteiger partial charge in [-0.15, -0.1) is 11.6 Å². The van der Waals surface area contributed by atoms with Crippen molar-refractivity contribution in [2.75, 3.05) is 0 Å². The maximum atomic E-state index is 5.96. The lowest BCUT2D eigenvalue weighted by atomic mass is 10.1. The van der Waals surface area contributed by atoms with Crippen LogP contribution in [0.5, 0.6) is 0 Å². The van der Waals surface area contributed by atoms with Crippen molar-refractivity contribution in [3.63, 3.8) is 0 Å². The van der Waals surface area contributed by atoms with E-state index in [1.165, 1.54) is 0 Å². The van der Waals surface area contributed by atoms with E-state index < -0.39 is 0 Å². The number of hydrogen-bond acceptors (Lipinski definition) is 0. The summed E-state index contributed by atoms with van der Waals surface area (Å²) < 4.78 is 0. The Balaban J connectivity index is 2.82. The second-order valence-corrected chi connectivity index (χ2v) is 3.07. The van der Waals surface area contributed by atoms with Gasteiger partial charge in [0.25, 0.3) is 0 Å². The van der Waals surface area contributed by atoms with E-state index >= 15 is 0 Å². The van der Waals surface area contributed by atoms with Crippen LogP contribution in [0.1, 0.15) is 6.92 Å². The minimum Gasteiger partial charge on any atom is -0.110 e. The molecule has 0 N–H and O–H groups in total. The number of halogens is 1. The third kappa shape index (κ3) is 2.06. The fraction of sp³-hybridized carbons (Fsp3) is 0.250. The van der Waals surface area contributed by atoms with E-state index in [2.05, 4.69) is 0 Å². The SMILES string of the molecule is CC1(Cl)C=CC=CC=C1. The predicted molar refractivity (Wildman–Crippen MR) is 41.7 cm³/mol. The Morgan fingerprint density at radius 1 is 1.00 bits per heavy atom. The first-order valence-electron chi connectivity index (χ1n) is 2.93. The molecule has 0 atom stereocenters. The first-order chi connectivity index (χ1) is 4.21. The van der Waals surface area contributed by atoms with Gasteiger partial charge in [0.05, 0.1) is 4.87 Å². The minimum atomic E-state index is -0.288. The van der Waals surface area contributed by atoms with Crippen molar-refractivity contribution >= 4 is 11.6 Å². The van der Waals surface area contributed by atoms with Crippen molar-refractivity contribution in [1.29, 1.82) is 0 Å². The molecule has 0 saturated heterocycles. The topological polar surface area (TPSA) is 0 Å². The fourth-order valence-electron chi connectivity index (χ4n) is 0.671. The summed E-state index contributed by atoms with van der Waals surface area (Å²) in [4.78, 5) is -0.288. The molecular weight excluding hydrogens is 132 g/mol. The molecule has 1 heteroatoms. The molecule has 0 unspecified atom stereocenters. The van der Waals surface area contributed by atoms with E-state index in [0.717, 1.165) is 0 Å². The van der Waals surface area contributed by atoms with Crippen LogP contribution in [0.3, 0.4) is 0 Å². The summed E-state index contributed by atoms with van der Waals surface area (Å²) in [5.41, 5.74) is 0. The van der Waals surface area contributed by atoms with Crippen LogP contribution in [0.25, 0.3) is 0 Å². The molecule has 0 aromatic heterocycles. The number of alkyl halides is 1. The normalized spacial score (nSPS) is 22.0. The van der Waals surface area contributed by atoms with Gasteiger partial charge in [-0.1, -0.05) is 36.5 Å². The maximum absolute atomic E-state index is 5.96. The smallest absolute Gasteiger partial charge is 0.0784 e. The molecule has 48 valence electrons. The zero-order valence-corrected chi connectivity index (χ0v) is 6.10. The van der Waals surface area contributed by atoms with Crippen molar-refractivity contribution in [1.82, 2.24) is 0 Å². The van der Waals surface area contributed by atoms with Gasteiger partial charge in [-0.25, -0.2) is 0 Å². The first kappa shape index (κ1) is 6.63. The molecule has 0 nitrogen and oxygen atoms in total. The molecule has 1 rings (SSSR count). The summed E-state index contributed by atoms with van der Waals surface area (Å²) in [5.74, 6) is 0. The largest absolute Gasteiger partial charge is 0.110 e. The van der Waals surface area contributed by atoms with Crippen LogP contribution in [-0.4, -0.2) is 4.87 Å². The molecule has 0 radical (unpaired) electrons. The summed E-state index contributed by atoms with van der Waals surface area (Å²) in [6.07, 6.45) is 11.7. The molecule has 9 heavy (non-hydrogen) atoms. The number of hydrogen-bond donors (Lipinski definition) is 0. The summed E-state index contributed by atoms with van der Waals surface area (Å²) in [7, 11) is 0. The Morgan fingerprint density at radius 3 is 1.89 bits per heavy atom. The Morgan fingerprint density at radius 2 is 1.44 bits per heavy atom. The molecule has 0 saturated carbocycles. The van der Waals surface area contributed by atoms with Crippen LogP contribution >= 0.6 is 11.6 Å². The average molecular weight is 141 g/mol. The van der Waals surface area contributed by atoms with Gasteiger partial charge in [0.1, 0.15) is 0 Å². The van der Waals surface area contributed by atoms with Gasteiger partial charge >= 0.3 is 0 Å². The van der Waals surface area contributed by atoms with Gasteiger partial charge in [-0.3, -0.25) is 0 Å². The molecule has 0 bridgehead atoms. The lowest BCUT2D eigenvalue weighted by molar-refractivity contribution is 0.993. The zero-order valence-electron chi connectivity index (χ0n) is 5.34. The standard InChI is InChI=1S/C8H9Cl/c1-8(9)6-4-2-3-5-7-8/h2-7H,1H3. The summed E-state index contributed by atoms with van der Waals surface area (Å²) in [6.45, 7) is 1.95. The second-order valence-electron chi connectivity index (χ2n) is 2.25. The average Bonchev–Trinajstić information content (AvgIpc) is 1.92. The molecular formula is C8H9Cl. The monoisotopic (exact) mass is 140 g/mol. The van der Waals surface area contributed by atoms with Crippen molar-refractivity contribution in [2.24, 2.45) is 0 Å². The van der Waals surface area contributed by atoms with Crippen LogP contribution in [-0.2, 0) is 0 Å². The van der Waals surface area contributed by atoms with Crippen molar-refractivity contribution in [3.8, 4) is 0 Å². The van der Waals surface area contributed by atoms with Gasteiger partial charge in [-0.05, 0) is 6.92 Å². The molecule has 1 aliphatic rings. The second kappa shape index (κ2) is 2.40. The van der Waals surface area contributed by atoms with E-state index in [1.54, 1.807) is 0 Å². The van der Waals surface area contributed by atoms with Gasteiger partial charge in [0.2, 0.25) is 0 Å². The van der Waals surface area contributed by atoms with Crippen LogP contribution in [0.2, 0.25) is 0 Å². The van der Waals surface area contributed by atoms with Crippen LogP contribution < -0.4 is 0 Å². The van der Waals surface area contributed by atoms with Crippen molar-refractivity contribution in [2.45, 2.75) is 11.8 Å².